The maximum absolute atomic E-state index is 11.9. The van der Waals surface area contributed by atoms with Crippen molar-refractivity contribution in [2.24, 2.45) is 5.92 Å². The minimum Gasteiger partial charge on any atom is -0.493 e. The quantitative estimate of drug-likeness (QED) is 0.613. The number of amides is 2. The maximum Gasteiger partial charge on any atom is 0.407 e. The monoisotopic (exact) mass is 442 g/mol. The third-order valence-electron chi connectivity index (χ3n) is 4.46. The van der Waals surface area contributed by atoms with E-state index in [1.807, 2.05) is 52.8 Å². The molecule has 174 valence electrons. The van der Waals surface area contributed by atoms with Crippen molar-refractivity contribution in [2.75, 3.05) is 11.9 Å². The zero-order valence-electron chi connectivity index (χ0n) is 20.0. The van der Waals surface area contributed by atoms with Crippen LogP contribution in [0, 0.1) is 12.8 Å². The largest absolute Gasteiger partial charge is 0.493 e. The lowest BCUT2D eigenvalue weighted by atomic mass is 10.0. The molecule has 0 aliphatic heterocycles. The molecule has 8 heteroatoms. The summed E-state index contributed by atoms with van der Waals surface area (Å²) in [5.41, 5.74) is 2.09. The van der Waals surface area contributed by atoms with Crippen LogP contribution in [0.5, 0.6) is 5.75 Å². The smallest absolute Gasteiger partial charge is 0.407 e. The minimum atomic E-state index is -0.514. The summed E-state index contributed by atoms with van der Waals surface area (Å²) in [6, 6.07) is 7.61. The first-order chi connectivity index (χ1) is 14.9. The molecule has 1 aromatic carbocycles. The highest BCUT2D eigenvalue weighted by Gasteiger charge is 2.19. The van der Waals surface area contributed by atoms with Crippen molar-refractivity contribution in [3.8, 4) is 17.0 Å². The highest BCUT2D eigenvalue weighted by atomic mass is 16.6. The summed E-state index contributed by atoms with van der Waals surface area (Å²) in [7, 11) is 0. The molecule has 0 spiro atoms. The lowest BCUT2D eigenvalue weighted by Gasteiger charge is -2.23. The van der Waals surface area contributed by atoms with Gasteiger partial charge in [0.15, 0.2) is 0 Å². The number of nitrogens with one attached hydrogen (secondary N) is 2. The molecule has 0 saturated carbocycles. The zero-order chi connectivity index (χ0) is 23.9. The molecule has 1 aromatic heterocycles. The molecular weight excluding hydrogens is 408 g/mol. The summed E-state index contributed by atoms with van der Waals surface area (Å²) >= 11 is 0. The summed E-state index contributed by atoms with van der Waals surface area (Å²) in [5, 5.41) is 5.46. The van der Waals surface area contributed by atoms with Crippen LogP contribution < -0.4 is 15.4 Å². The molecule has 32 heavy (non-hydrogen) atoms. The first-order valence-electron chi connectivity index (χ1n) is 10.8. The second-order valence-corrected chi connectivity index (χ2v) is 9.13. The van der Waals surface area contributed by atoms with Crippen molar-refractivity contribution in [1.29, 1.82) is 0 Å². The van der Waals surface area contributed by atoms with Crippen molar-refractivity contribution < 1.29 is 19.1 Å². The Morgan fingerprint density at radius 1 is 1.16 bits per heavy atom. The predicted molar refractivity (Wildman–Crippen MR) is 125 cm³/mol. The van der Waals surface area contributed by atoms with Crippen LogP contribution in [0.2, 0.25) is 0 Å². The van der Waals surface area contributed by atoms with Crippen LogP contribution in [0.1, 0.15) is 53.5 Å². The van der Waals surface area contributed by atoms with E-state index in [1.165, 1.54) is 6.92 Å². The first kappa shape index (κ1) is 25.1. The molecule has 8 nitrogen and oxygen atoms in total. The number of anilines is 1. The van der Waals surface area contributed by atoms with E-state index >= 15 is 0 Å². The molecular formula is C24H34N4O4. The van der Waals surface area contributed by atoms with Gasteiger partial charge in [0.05, 0.1) is 12.3 Å². The molecule has 0 saturated heterocycles. The molecule has 2 unspecified atom stereocenters. The second kappa shape index (κ2) is 10.9. The molecule has 2 N–H and O–H groups in total. The number of carbonyl (C=O) groups is 2. The van der Waals surface area contributed by atoms with Crippen LogP contribution in [0.25, 0.3) is 11.3 Å². The predicted octanol–water partition coefficient (Wildman–Crippen LogP) is 4.73. The number of rotatable bonds is 8. The van der Waals surface area contributed by atoms with Gasteiger partial charge in [0.2, 0.25) is 11.9 Å². The summed E-state index contributed by atoms with van der Waals surface area (Å²) in [6.07, 6.45) is 1.97. The molecule has 0 aliphatic rings. The fourth-order valence-corrected chi connectivity index (χ4v) is 3.18. The molecule has 0 radical (unpaired) electrons. The molecule has 2 aromatic rings. The molecule has 1 heterocycles. The van der Waals surface area contributed by atoms with Gasteiger partial charge in [0, 0.05) is 24.7 Å². The Morgan fingerprint density at radius 2 is 1.88 bits per heavy atom. The number of ether oxygens (including phenoxy) is 2. The summed E-state index contributed by atoms with van der Waals surface area (Å²) < 4.78 is 11.3. The average molecular weight is 443 g/mol. The molecule has 2 amide bonds. The number of hydrogen-bond donors (Lipinski definition) is 2. The Hall–Kier alpha value is -3.16. The van der Waals surface area contributed by atoms with Crippen LogP contribution in [0.15, 0.2) is 30.5 Å². The van der Waals surface area contributed by atoms with E-state index in [9.17, 15) is 9.59 Å². The van der Waals surface area contributed by atoms with Crippen LogP contribution in [0.3, 0.4) is 0 Å². The number of alkyl carbamates (subject to hydrolysis) is 1. The van der Waals surface area contributed by atoms with Crippen molar-refractivity contribution >= 4 is 17.9 Å². The van der Waals surface area contributed by atoms with E-state index in [0.717, 1.165) is 23.3 Å². The van der Waals surface area contributed by atoms with Crippen LogP contribution in [-0.2, 0) is 9.53 Å². The number of aromatic nitrogens is 2. The Kier molecular flexibility index (Phi) is 8.57. The van der Waals surface area contributed by atoms with Crippen molar-refractivity contribution in [3.05, 3.63) is 36.0 Å². The SMILES string of the molecule is CC(=O)Nc1nccc(-c2ccc(OCC(C)CC(C)NC(=O)OC(C)(C)C)c(C)c2)n1. The normalized spacial score (nSPS) is 13.1. The Bertz CT molecular complexity index is 940. The summed E-state index contributed by atoms with van der Waals surface area (Å²) in [4.78, 5) is 31.6. The second-order valence-electron chi connectivity index (χ2n) is 9.13. The van der Waals surface area contributed by atoms with Gasteiger partial charge in [-0.3, -0.25) is 10.1 Å². The van der Waals surface area contributed by atoms with E-state index in [0.29, 0.717) is 12.3 Å². The topological polar surface area (TPSA) is 102 Å². The van der Waals surface area contributed by atoms with E-state index in [4.69, 9.17) is 9.47 Å². The zero-order valence-corrected chi connectivity index (χ0v) is 20.0. The molecule has 2 rings (SSSR count). The molecule has 0 bridgehead atoms. The molecule has 0 fully saturated rings. The molecule has 0 aliphatic carbocycles. The van der Waals surface area contributed by atoms with E-state index in [2.05, 4.69) is 27.5 Å². The van der Waals surface area contributed by atoms with Crippen molar-refractivity contribution in [2.45, 2.75) is 66.5 Å². The lowest BCUT2D eigenvalue weighted by Crippen LogP contribution is -2.38. The van der Waals surface area contributed by atoms with Gasteiger partial charge in [0.25, 0.3) is 0 Å². The average Bonchev–Trinajstić information content (AvgIpc) is 2.64. The summed E-state index contributed by atoms with van der Waals surface area (Å²) in [6.45, 7) is 13.5. The van der Waals surface area contributed by atoms with Crippen LogP contribution in [-0.4, -0.2) is 40.2 Å². The Balaban J connectivity index is 1.91. The van der Waals surface area contributed by atoms with Gasteiger partial charge < -0.3 is 14.8 Å². The standard InChI is InChI=1S/C24H34N4O4/c1-15(12-17(3)26-23(30)32-24(5,6)7)14-31-21-9-8-19(13-16(21)2)20-10-11-25-22(28-20)27-18(4)29/h8-11,13,15,17H,12,14H2,1-7H3,(H,26,30)(H,25,27,28,29). The number of hydrogen-bond acceptors (Lipinski definition) is 6. The fraction of sp³-hybridized carbons (Fsp3) is 0.500. The number of aryl methyl sites for hydroxylation is 1. The van der Waals surface area contributed by atoms with Crippen LogP contribution in [0.4, 0.5) is 10.7 Å². The van der Waals surface area contributed by atoms with Crippen LogP contribution >= 0.6 is 0 Å². The minimum absolute atomic E-state index is 0.0255. The third kappa shape index (κ3) is 8.53. The van der Waals surface area contributed by atoms with E-state index in [-0.39, 0.29) is 23.8 Å². The third-order valence-corrected chi connectivity index (χ3v) is 4.46. The fourth-order valence-electron chi connectivity index (χ4n) is 3.18. The summed E-state index contributed by atoms with van der Waals surface area (Å²) in [5.74, 6) is 1.09. The van der Waals surface area contributed by atoms with Gasteiger partial charge in [-0.05, 0) is 76.8 Å². The first-order valence-corrected chi connectivity index (χ1v) is 10.8. The number of nitrogens with zero attached hydrogens (tertiary/aromatic N) is 2. The lowest BCUT2D eigenvalue weighted by molar-refractivity contribution is -0.114. The van der Waals surface area contributed by atoms with Gasteiger partial charge in [0.1, 0.15) is 11.4 Å². The van der Waals surface area contributed by atoms with Gasteiger partial charge in [-0.25, -0.2) is 14.8 Å². The van der Waals surface area contributed by atoms with Crippen molar-refractivity contribution in [3.63, 3.8) is 0 Å². The maximum atomic E-state index is 11.9. The van der Waals surface area contributed by atoms with Crippen molar-refractivity contribution in [1.82, 2.24) is 15.3 Å². The van der Waals surface area contributed by atoms with E-state index in [1.54, 1.807) is 12.3 Å². The van der Waals surface area contributed by atoms with Gasteiger partial charge in [-0.15, -0.1) is 0 Å². The van der Waals surface area contributed by atoms with E-state index < -0.39 is 11.7 Å². The number of carbonyl (C=O) groups excluding carboxylic acids is 2. The highest BCUT2D eigenvalue weighted by Crippen LogP contribution is 2.26. The molecule has 2 atom stereocenters. The Labute approximate surface area is 190 Å². The number of benzene rings is 1. The Morgan fingerprint density at radius 3 is 2.50 bits per heavy atom. The van der Waals surface area contributed by atoms with Gasteiger partial charge in [-0.2, -0.15) is 0 Å². The van der Waals surface area contributed by atoms with Gasteiger partial charge >= 0.3 is 6.09 Å². The van der Waals surface area contributed by atoms with Gasteiger partial charge in [-0.1, -0.05) is 6.92 Å². The highest BCUT2D eigenvalue weighted by molar-refractivity contribution is 5.86.